The van der Waals surface area contributed by atoms with Crippen LogP contribution in [0, 0.1) is 6.92 Å². The molecular formula is C14H21N3O. The Morgan fingerprint density at radius 3 is 2.61 bits per heavy atom. The van der Waals surface area contributed by atoms with Gasteiger partial charge in [0.1, 0.15) is 0 Å². The maximum absolute atomic E-state index is 12.2. The quantitative estimate of drug-likeness (QED) is 0.862. The standard InChI is InChI=1S/C14H21N3O/c1-10-4-5-12(14(18)17(2)3)13(16-10)11-6-8-15-9-7-11/h4-5,11,15H,6-9H2,1-3H3. The lowest BCUT2D eigenvalue weighted by atomic mass is 9.90. The van der Waals surface area contributed by atoms with Gasteiger partial charge in [-0.15, -0.1) is 0 Å². The minimum Gasteiger partial charge on any atom is -0.345 e. The zero-order valence-electron chi connectivity index (χ0n) is 11.4. The molecule has 1 aromatic heterocycles. The smallest absolute Gasteiger partial charge is 0.255 e. The summed E-state index contributed by atoms with van der Waals surface area (Å²) in [4.78, 5) is 18.4. The first-order chi connectivity index (χ1) is 8.59. The van der Waals surface area contributed by atoms with Gasteiger partial charge in [0, 0.05) is 25.7 Å². The van der Waals surface area contributed by atoms with Gasteiger partial charge in [-0.1, -0.05) is 0 Å². The molecule has 0 saturated carbocycles. The van der Waals surface area contributed by atoms with E-state index in [9.17, 15) is 4.79 Å². The van der Waals surface area contributed by atoms with Crippen molar-refractivity contribution in [3.63, 3.8) is 0 Å². The van der Waals surface area contributed by atoms with E-state index >= 15 is 0 Å². The fraction of sp³-hybridized carbons (Fsp3) is 0.571. The van der Waals surface area contributed by atoms with E-state index in [1.165, 1.54) is 0 Å². The maximum atomic E-state index is 12.2. The van der Waals surface area contributed by atoms with Crippen molar-refractivity contribution in [2.75, 3.05) is 27.2 Å². The van der Waals surface area contributed by atoms with Gasteiger partial charge >= 0.3 is 0 Å². The van der Waals surface area contributed by atoms with Crippen LogP contribution in [0.2, 0.25) is 0 Å². The fourth-order valence-corrected chi connectivity index (χ4v) is 2.41. The Balaban J connectivity index is 2.36. The van der Waals surface area contributed by atoms with E-state index in [1.54, 1.807) is 19.0 Å². The number of rotatable bonds is 2. The van der Waals surface area contributed by atoms with Gasteiger partial charge in [0.25, 0.3) is 5.91 Å². The predicted octanol–water partition coefficient (Wildman–Crippen LogP) is 1.56. The van der Waals surface area contributed by atoms with Gasteiger partial charge in [-0.25, -0.2) is 0 Å². The second kappa shape index (κ2) is 5.48. The SMILES string of the molecule is Cc1ccc(C(=O)N(C)C)c(C2CCNCC2)n1. The van der Waals surface area contributed by atoms with Crippen molar-refractivity contribution in [1.29, 1.82) is 0 Å². The number of carbonyl (C=O) groups excluding carboxylic acids is 1. The van der Waals surface area contributed by atoms with Gasteiger partial charge in [-0.2, -0.15) is 0 Å². The van der Waals surface area contributed by atoms with Crippen molar-refractivity contribution in [2.45, 2.75) is 25.7 Å². The monoisotopic (exact) mass is 247 g/mol. The van der Waals surface area contributed by atoms with Gasteiger partial charge in [-0.05, 0) is 45.0 Å². The number of carbonyl (C=O) groups is 1. The van der Waals surface area contributed by atoms with Gasteiger partial charge in [-0.3, -0.25) is 9.78 Å². The summed E-state index contributed by atoms with van der Waals surface area (Å²) in [7, 11) is 3.57. The average Bonchev–Trinajstić information content (AvgIpc) is 2.39. The molecule has 0 spiro atoms. The van der Waals surface area contributed by atoms with Crippen LogP contribution in [0.4, 0.5) is 0 Å². The molecule has 0 atom stereocenters. The van der Waals surface area contributed by atoms with Crippen molar-refractivity contribution in [1.82, 2.24) is 15.2 Å². The van der Waals surface area contributed by atoms with Crippen molar-refractivity contribution >= 4 is 5.91 Å². The molecule has 4 nitrogen and oxygen atoms in total. The third-order valence-electron chi connectivity index (χ3n) is 3.43. The van der Waals surface area contributed by atoms with Crippen molar-refractivity contribution in [2.24, 2.45) is 0 Å². The molecule has 0 aliphatic carbocycles. The molecule has 2 heterocycles. The van der Waals surface area contributed by atoms with Gasteiger partial charge < -0.3 is 10.2 Å². The number of aryl methyl sites for hydroxylation is 1. The van der Waals surface area contributed by atoms with Crippen LogP contribution in [0.1, 0.15) is 40.5 Å². The Bertz CT molecular complexity index is 437. The fourth-order valence-electron chi connectivity index (χ4n) is 2.41. The number of nitrogens with zero attached hydrogens (tertiary/aromatic N) is 2. The van der Waals surface area contributed by atoms with Gasteiger partial charge in [0.15, 0.2) is 0 Å². The molecule has 2 rings (SSSR count). The highest BCUT2D eigenvalue weighted by Gasteiger charge is 2.23. The Kier molecular flexibility index (Phi) is 3.97. The summed E-state index contributed by atoms with van der Waals surface area (Å²) in [5, 5.41) is 3.35. The van der Waals surface area contributed by atoms with Crippen LogP contribution in [-0.2, 0) is 0 Å². The lowest BCUT2D eigenvalue weighted by Crippen LogP contribution is -2.30. The molecule has 1 saturated heterocycles. The number of nitrogens with one attached hydrogen (secondary N) is 1. The Labute approximate surface area is 108 Å². The summed E-state index contributed by atoms with van der Waals surface area (Å²) in [5.74, 6) is 0.459. The molecule has 1 N–H and O–H groups in total. The highest BCUT2D eigenvalue weighted by molar-refractivity contribution is 5.95. The molecule has 4 heteroatoms. The molecule has 0 unspecified atom stereocenters. The topological polar surface area (TPSA) is 45.2 Å². The van der Waals surface area contributed by atoms with Crippen LogP contribution in [0.25, 0.3) is 0 Å². The van der Waals surface area contributed by atoms with Crippen LogP contribution in [-0.4, -0.2) is 43.0 Å². The van der Waals surface area contributed by atoms with Crippen LogP contribution in [0.15, 0.2) is 12.1 Å². The number of amides is 1. The second-order valence-electron chi connectivity index (χ2n) is 5.11. The lowest BCUT2D eigenvalue weighted by Gasteiger charge is -2.25. The van der Waals surface area contributed by atoms with E-state index in [0.29, 0.717) is 5.92 Å². The molecule has 0 bridgehead atoms. The molecule has 1 aliphatic heterocycles. The third kappa shape index (κ3) is 2.70. The average molecular weight is 247 g/mol. The van der Waals surface area contributed by atoms with Gasteiger partial charge in [0.2, 0.25) is 0 Å². The highest BCUT2D eigenvalue weighted by atomic mass is 16.2. The van der Waals surface area contributed by atoms with Gasteiger partial charge in [0.05, 0.1) is 11.3 Å². The molecule has 0 radical (unpaired) electrons. The summed E-state index contributed by atoms with van der Waals surface area (Å²) in [6, 6.07) is 3.84. The number of aromatic nitrogens is 1. The molecule has 1 fully saturated rings. The maximum Gasteiger partial charge on any atom is 0.255 e. The van der Waals surface area contributed by atoms with E-state index in [1.807, 2.05) is 19.1 Å². The van der Waals surface area contributed by atoms with Crippen LogP contribution in [0.3, 0.4) is 0 Å². The summed E-state index contributed by atoms with van der Waals surface area (Å²) in [6.07, 6.45) is 2.12. The molecule has 0 aromatic carbocycles. The number of piperidine rings is 1. The van der Waals surface area contributed by atoms with Crippen molar-refractivity contribution < 1.29 is 4.79 Å². The Hall–Kier alpha value is -1.42. The lowest BCUT2D eigenvalue weighted by molar-refractivity contribution is 0.0825. The van der Waals surface area contributed by atoms with E-state index in [0.717, 1.165) is 42.9 Å². The first-order valence-corrected chi connectivity index (χ1v) is 6.49. The Morgan fingerprint density at radius 1 is 1.33 bits per heavy atom. The van der Waals surface area contributed by atoms with Crippen LogP contribution in [0.5, 0.6) is 0 Å². The largest absolute Gasteiger partial charge is 0.345 e. The Morgan fingerprint density at radius 2 is 2.00 bits per heavy atom. The van der Waals surface area contributed by atoms with E-state index in [-0.39, 0.29) is 5.91 Å². The highest BCUT2D eigenvalue weighted by Crippen LogP contribution is 2.27. The minimum absolute atomic E-state index is 0.0519. The first kappa shape index (κ1) is 13.0. The van der Waals surface area contributed by atoms with E-state index < -0.39 is 0 Å². The summed E-state index contributed by atoms with van der Waals surface area (Å²) >= 11 is 0. The zero-order chi connectivity index (χ0) is 13.1. The minimum atomic E-state index is 0.0519. The first-order valence-electron chi connectivity index (χ1n) is 6.49. The molecule has 1 aliphatic rings. The predicted molar refractivity (Wildman–Crippen MR) is 71.8 cm³/mol. The zero-order valence-corrected chi connectivity index (χ0v) is 11.4. The molecule has 18 heavy (non-hydrogen) atoms. The molecule has 1 aromatic rings. The van der Waals surface area contributed by atoms with Crippen molar-refractivity contribution in [3.8, 4) is 0 Å². The van der Waals surface area contributed by atoms with E-state index in [4.69, 9.17) is 0 Å². The second-order valence-corrected chi connectivity index (χ2v) is 5.11. The van der Waals surface area contributed by atoms with Crippen molar-refractivity contribution in [3.05, 3.63) is 29.1 Å². The normalized spacial score (nSPS) is 16.6. The van der Waals surface area contributed by atoms with Crippen LogP contribution >= 0.6 is 0 Å². The third-order valence-corrected chi connectivity index (χ3v) is 3.43. The van der Waals surface area contributed by atoms with E-state index in [2.05, 4.69) is 10.3 Å². The molecular weight excluding hydrogens is 226 g/mol. The number of pyridine rings is 1. The number of hydrogen-bond acceptors (Lipinski definition) is 3. The van der Waals surface area contributed by atoms with Crippen LogP contribution < -0.4 is 5.32 Å². The summed E-state index contributed by atoms with van der Waals surface area (Å²) in [6.45, 7) is 4.00. The molecule has 98 valence electrons. The summed E-state index contributed by atoms with van der Waals surface area (Å²) < 4.78 is 0. The summed E-state index contributed by atoms with van der Waals surface area (Å²) in [5.41, 5.74) is 2.73. The number of hydrogen-bond donors (Lipinski definition) is 1. The molecule has 1 amide bonds.